The summed E-state index contributed by atoms with van der Waals surface area (Å²) in [4.78, 5) is 13.9. The molecule has 8 heteroatoms. The summed E-state index contributed by atoms with van der Waals surface area (Å²) in [6.45, 7) is 3.99. The van der Waals surface area contributed by atoms with Gasteiger partial charge in [-0.2, -0.15) is 9.90 Å². The minimum atomic E-state index is -0.175. The predicted molar refractivity (Wildman–Crippen MR) is 89.5 cm³/mol. The van der Waals surface area contributed by atoms with Crippen LogP contribution in [0.3, 0.4) is 0 Å². The van der Waals surface area contributed by atoms with Gasteiger partial charge in [0.2, 0.25) is 5.82 Å². The largest absolute Gasteiger partial charge is 0.307 e. The maximum Gasteiger partial charge on any atom is 0.256 e. The van der Waals surface area contributed by atoms with Gasteiger partial charge >= 0.3 is 0 Å². The van der Waals surface area contributed by atoms with E-state index in [0.29, 0.717) is 11.4 Å². The van der Waals surface area contributed by atoms with Crippen LogP contribution in [0.25, 0.3) is 11.4 Å². The molecule has 3 aromatic rings. The molecule has 0 aliphatic carbocycles. The number of aromatic nitrogens is 6. The quantitative estimate of drug-likeness (QED) is 0.789. The van der Waals surface area contributed by atoms with Crippen molar-refractivity contribution in [1.82, 2.24) is 30.0 Å². The Kier molecular flexibility index (Phi) is 4.11. The lowest BCUT2D eigenvalue weighted by Gasteiger charge is -2.08. The van der Waals surface area contributed by atoms with Gasteiger partial charge in [-0.3, -0.25) is 9.48 Å². The van der Waals surface area contributed by atoms with Gasteiger partial charge in [-0.05, 0) is 30.7 Å². The topological polar surface area (TPSA) is 90.5 Å². The summed E-state index contributed by atoms with van der Waals surface area (Å²) in [5.41, 5.74) is 3.35. The van der Waals surface area contributed by atoms with Crippen molar-refractivity contribution in [1.29, 1.82) is 0 Å². The van der Waals surface area contributed by atoms with E-state index in [9.17, 15) is 4.79 Å². The molecule has 8 nitrogen and oxygen atoms in total. The molecule has 0 bridgehead atoms. The minimum absolute atomic E-state index is 0.175. The molecule has 0 saturated heterocycles. The van der Waals surface area contributed by atoms with Crippen molar-refractivity contribution in [2.45, 2.75) is 20.3 Å². The van der Waals surface area contributed by atoms with Crippen LogP contribution < -0.4 is 5.32 Å². The van der Waals surface area contributed by atoms with Crippen molar-refractivity contribution >= 4 is 11.7 Å². The Labute approximate surface area is 139 Å². The summed E-state index contributed by atoms with van der Waals surface area (Å²) in [6.07, 6.45) is 0.812. The highest BCUT2D eigenvalue weighted by molar-refractivity contribution is 6.04. The van der Waals surface area contributed by atoms with Crippen molar-refractivity contribution in [3.8, 4) is 11.4 Å². The Morgan fingerprint density at radius 1 is 1.17 bits per heavy atom. The van der Waals surface area contributed by atoms with E-state index in [1.54, 1.807) is 36.0 Å². The monoisotopic (exact) mass is 325 g/mol. The normalized spacial score (nSPS) is 10.8. The Balaban J connectivity index is 1.81. The average molecular weight is 325 g/mol. The fraction of sp³-hybridized carbons (Fsp3) is 0.312. The zero-order valence-corrected chi connectivity index (χ0v) is 14.1. The summed E-state index contributed by atoms with van der Waals surface area (Å²) < 4.78 is 1.70. The van der Waals surface area contributed by atoms with Crippen LogP contribution in [0.15, 0.2) is 24.3 Å². The number of nitrogens with zero attached hydrogens (tertiary/aromatic N) is 6. The third-order valence-electron chi connectivity index (χ3n) is 3.85. The number of carbonyl (C=O) groups is 1. The average Bonchev–Trinajstić information content (AvgIpc) is 3.11. The third kappa shape index (κ3) is 2.90. The van der Waals surface area contributed by atoms with E-state index in [1.807, 2.05) is 20.9 Å². The second kappa shape index (κ2) is 6.23. The standard InChI is InChI=1S/C16H19N7O/c1-5-13-10(2)19-22(3)15(13)17-16(24)12-8-6-11(7-9-12)14-18-21-23(4)20-14/h6-9H,5H2,1-4H3,(H,17,24). The number of hydrogen-bond donors (Lipinski definition) is 1. The SMILES string of the molecule is CCc1c(C)nn(C)c1NC(=O)c1ccc(-c2nnn(C)n2)cc1. The summed E-state index contributed by atoms with van der Waals surface area (Å²) in [6, 6.07) is 7.11. The minimum Gasteiger partial charge on any atom is -0.307 e. The predicted octanol–water partition coefficient (Wildman–Crippen LogP) is 1.73. The van der Waals surface area contributed by atoms with Crippen LogP contribution in [0.5, 0.6) is 0 Å². The number of tetrazole rings is 1. The summed E-state index contributed by atoms with van der Waals surface area (Å²) >= 11 is 0. The highest BCUT2D eigenvalue weighted by atomic mass is 16.1. The van der Waals surface area contributed by atoms with Crippen molar-refractivity contribution in [2.75, 3.05) is 5.32 Å². The highest BCUT2D eigenvalue weighted by Gasteiger charge is 2.15. The number of aryl methyl sites for hydroxylation is 3. The molecule has 0 unspecified atom stereocenters. The van der Waals surface area contributed by atoms with Crippen molar-refractivity contribution in [3.05, 3.63) is 41.1 Å². The Hall–Kier alpha value is -3.03. The van der Waals surface area contributed by atoms with Gasteiger partial charge in [-0.25, -0.2) is 0 Å². The number of amides is 1. The number of benzene rings is 1. The lowest BCUT2D eigenvalue weighted by atomic mass is 10.1. The van der Waals surface area contributed by atoms with Crippen LogP contribution in [0.4, 0.5) is 5.82 Å². The molecule has 0 atom stereocenters. The van der Waals surface area contributed by atoms with Crippen molar-refractivity contribution < 1.29 is 4.79 Å². The van der Waals surface area contributed by atoms with Gasteiger partial charge in [0.1, 0.15) is 5.82 Å². The van der Waals surface area contributed by atoms with Crippen LogP contribution in [-0.2, 0) is 20.5 Å². The molecule has 3 rings (SSSR count). The van der Waals surface area contributed by atoms with Crippen molar-refractivity contribution in [2.24, 2.45) is 14.1 Å². The van der Waals surface area contributed by atoms with Gasteiger partial charge < -0.3 is 5.32 Å². The van der Waals surface area contributed by atoms with Gasteiger partial charge in [-0.15, -0.1) is 10.2 Å². The smallest absolute Gasteiger partial charge is 0.256 e. The van der Waals surface area contributed by atoms with Crippen LogP contribution >= 0.6 is 0 Å². The lowest BCUT2D eigenvalue weighted by Crippen LogP contribution is -2.15. The van der Waals surface area contributed by atoms with E-state index in [2.05, 4.69) is 25.8 Å². The van der Waals surface area contributed by atoms with Crippen LogP contribution in [0, 0.1) is 6.92 Å². The Morgan fingerprint density at radius 3 is 2.46 bits per heavy atom. The maximum atomic E-state index is 12.5. The molecule has 1 aromatic carbocycles. The van der Waals surface area contributed by atoms with E-state index in [-0.39, 0.29) is 5.91 Å². The molecule has 2 heterocycles. The second-order valence-electron chi connectivity index (χ2n) is 5.52. The molecular weight excluding hydrogens is 306 g/mol. The Bertz CT molecular complexity index is 876. The second-order valence-corrected chi connectivity index (χ2v) is 5.52. The number of rotatable bonds is 4. The molecular formula is C16H19N7O. The molecule has 124 valence electrons. The van der Waals surface area contributed by atoms with E-state index in [0.717, 1.165) is 29.1 Å². The number of anilines is 1. The molecule has 0 aliphatic rings. The molecule has 1 amide bonds. The van der Waals surface area contributed by atoms with Crippen LogP contribution in [0.1, 0.15) is 28.5 Å². The summed E-state index contributed by atoms with van der Waals surface area (Å²) in [5.74, 6) is 1.09. The lowest BCUT2D eigenvalue weighted by molar-refractivity contribution is 0.102. The third-order valence-corrected chi connectivity index (χ3v) is 3.85. The molecule has 0 saturated carbocycles. The molecule has 24 heavy (non-hydrogen) atoms. The molecule has 0 aliphatic heterocycles. The molecule has 0 radical (unpaired) electrons. The van der Waals surface area contributed by atoms with Gasteiger partial charge in [0.15, 0.2) is 0 Å². The Morgan fingerprint density at radius 2 is 1.88 bits per heavy atom. The summed E-state index contributed by atoms with van der Waals surface area (Å²) in [7, 11) is 3.53. The number of nitrogens with one attached hydrogen (secondary N) is 1. The van der Waals surface area contributed by atoms with Gasteiger partial charge in [0, 0.05) is 23.7 Å². The van der Waals surface area contributed by atoms with Gasteiger partial charge in [0.25, 0.3) is 5.91 Å². The number of hydrogen-bond acceptors (Lipinski definition) is 5. The van der Waals surface area contributed by atoms with Gasteiger partial charge in [0.05, 0.1) is 12.7 Å². The first-order valence-electron chi connectivity index (χ1n) is 7.68. The summed E-state index contributed by atoms with van der Waals surface area (Å²) in [5, 5.41) is 19.2. The van der Waals surface area contributed by atoms with Crippen LogP contribution in [0.2, 0.25) is 0 Å². The van der Waals surface area contributed by atoms with Gasteiger partial charge in [-0.1, -0.05) is 19.1 Å². The van der Waals surface area contributed by atoms with E-state index < -0.39 is 0 Å². The maximum absolute atomic E-state index is 12.5. The zero-order chi connectivity index (χ0) is 17.3. The highest BCUT2D eigenvalue weighted by Crippen LogP contribution is 2.21. The van der Waals surface area contributed by atoms with E-state index in [1.165, 1.54) is 4.80 Å². The molecule has 1 N–H and O–H groups in total. The van der Waals surface area contributed by atoms with Crippen LogP contribution in [-0.4, -0.2) is 35.9 Å². The fourth-order valence-electron chi connectivity index (χ4n) is 2.63. The zero-order valence-electron chi connectivity index (χ0n) is 14.1. The first kappa shape index (κ1) is 15.9. The molecule has 0 spiro atoms. The molecule has 2 aromatic heterocycles. The van der Waals surface area contributed by atoms with Crippen molar-refractivity contribution in [3.63, 3.8) is 0 Å². The number of carbonyl (C=O) groups excluding carboxylic acids is 1. The fourth-order valence-corrected chi connectivity index (χ4v) is 2.63. The first-order chi connectivity index (χ1) is 11.5. The first-order valence-corrected chi connectivity index (χ1v) is 7.68. The van der Waals surface area contributed by atoms with E-state index in [4.69, 9.17) is 0 Å². The molecule has 0 fully saturated rings. The van der Waals surface area contributed by atoms with E-state index >= 15 is 0 Å².